The normalized spacial score (nSPS) is 11.8. The maximum Gasteiger partial charge on any atom is 0.316 e. The molecular formula is C25H29N2O3P. The second-order valence-corrected chi connectivity index (χ2v) is 8.13. The van der Waals surface area contributed by atoms with Gasteiger partial charge in [0.1, 0.15) is 0 Å². The van der Waals surface area contributed by atoms with Gasteiger partial charge in [-0.05, 0) is 55.5 Å². The van der Waals surface area contributed by atoms with Crippen LogP contribution in [0.4, 0.5) is 0 Å². The number of nitrogens with one attached hydrogen (secondary N) is 1. The Balaban J connectivity index is 1.52. The first kappa shape index (κ1) is 23.2. The second-order valence-electron chi connectivity index (χ2n) is 7.31. The van der Waals surface area contributed by atoms with Gasteiger partial charge in [-0.2, -0.15) is 0 Å². The molecule has 0 saturated carbocycles. The molecule has 1 unspecified atom stereocenters. The zero-order valence-electron chi connectivity index (χ0n) is 17.6. The number of aryl methyl sites for hydroxylation is 1. The minimum Gasteiger partial charge on any atom is -0.326 e. The van der Waals surface area contributed by atoms with E-state index in [1.165, 1.54) is 5.56 Å². The van der Waals surface area contributed by atoms with Crippen LogP contribution >= 0.6 is 8.25 Å². The Labute approximate surface area is 184 Å². The largest absolute Gasteiger partial charge is 0.326 e. The lowest BCUT2D eigenvalue weighted by molar-refractivity contribution is 0.276. The van der Waals surface area contributed by atoms with Crippen LogP contribution in [0, 0.1) is 11.8 Å². The maximum absolute atomic E-state index is 10.5. The Hall–Kier alpha value is -2.48. The Morgan fingerprint density at radius 2 is 1.90 bits per heavy atom. The quantitative estimate of drug-likeness (QED) is 0.255. The highest BCUT2D eigenvalue weighted by Gasteiger charge is 2.05. The lowest BCUT2D eigenvalue weighted by atomic mass is 10.0. The molecule has 0 aliphatic heterocycles. The number of nitrogens with zero attached hydrogens (tertiary/aromatic N) is 1. The summed E-state index contributed by atoms with van der Waals surface area (Å²) < 4.78 is 15.2. The summed E-state index contributed by atoms with van der Waals surface area (Å²) in [6.45, 7) is 1.66. The molecule has 3 rings (SSSR count). The molecule has 0 amide bonds. The first-order valence-corrected chi connectivity index (χ1v) is 12.0. The molecule has 0 aliphatic carbocycles. The SMILES string of the molecule is O=[PH](O)OCCCNCc1ccc(C#CCCCCc2ccccc2)c2cccnc12. The molecule has 0 spiro atoms. The van der Waals surface area contributed by atoms with Crippen molar-refractivity contribution in [3.8, 4) is 11.8 Å². The van der Waals surface area contributed by atoms with Crippen molar-refractivity contribution in [3.63, 3.8) is 0 Å². The molecule has 2 N–H and O–H groups in total. The molecule has 3 aromatic rings. The summed E-state index contributed by atoms with van der Waals surface area (Å²) in [4.78, 5) is 13.2. The number of unbranched alkanes of at least 4 members (excludes halogenated alkanes) is 2. The number of pyridine rings is 1. The fourth-order valence-corrected chi connectivity index (χ4v) is 3.73. The van der Waals surface area contributed by atoms with Crippen LogP contribution in [0.5, 0.6) is 0 Å². The molecule has 0 radical (unpaired) electrons. The van der Waals surface area contributed by atoms with E-state index in [9.17, 15) is 4.57 Å². The summed E-state index contributed by atoms with van der Waals surface area (Å²) in [5.41, 5.74) is 4.47. The zero-order valence-corrected chi connectivity index (χ0v) is 18.6. The Morgan fingerprint density at radius 3 is 2.74 bits per heavy atom. The van der Waals surface area contributed by atoms with Crippen molar-refractivity contribution in [2.24, 2.45) is 0 Å². The number of hydrogen-bond acceptors (Lipinski definition) is 4. The van der Waals surface area contributed by atoms with Crippen LogP contribution in [0.2, 0.25) is 0 Å². The lowest BCUT2D eigenvalue weighted by Gasteiger charge is -2.09. The first-order chi connectivity index (χ1) is 15.2. The Morgan fingerprint density at radius 1 is 1.03 bits per heavy atom. The van der Waals surface area contributed by atoms with Crippen molar-refractivity contribution >= 4 is 19.2 Å². The van der Waals surface area contributed by atoms with E-state index in [2.05, 4.69) is 70.7 Å². The summed E-state index contributed by atoms with van der Waals surface area (Å²) in [6.07, 6.45) is 6.71. The van der Waals surface area contributed by atoms with E-state index in [0.717, 1.165) is 47.7 Å². The van der Waals surface area contributed by atoms with E-state index in [-0.39, 0.29) is 6.61 Å². The molecule has 5 nitrogen and oxygen atoms in total. The van der Waals surface area contributed by atoms with Gasteiger partial charge in [0.2, 0.25) is 0 Å². The van der Waals surface area contributed by atoms with E-state index in [1.54, 1.807) is 6.20 Å². The second kappa shape index (κ2) is 13.0. The molecule has 1 aromatic heterocycles. The van der Waals surface area contributed by atoms with E-state index in [1.807, 2.05) is 6.07 Å². The van der Waals surface area contributed by atoms with Crippen LogP contribution in [0.3, 0.4) is 0 Å². The lowest BCUT2D eigenvalue weighted by Crippen LogP contribution is -2.16. The van der Waals surface area contributed by atoms with Crippen LogP contribution in [-0.2, 0) is 22.1 Å². The number of aromatic nitrogens is 1. The van der Waals surface area contributed by atoms with Crippen molar-refractivity contribution < 1.29 is 14.0 Å². The highest BCUT2D eigenvalue weighted by molar-refractivity contribution is 7.32. The van der Waals surface area contributed by atoms with Gasteiger partial charge in [0.15, 0.2) is 0 Å². The van der Waals surface area contributed by atoms with Crippen LogP contribution in [0.15, 0.2) is 60.8 Å². The highest BCUT2D eigenvalue weighted by Crippen LogP contribution is 2.20. The monoisotopic (exact) mass is 436 g/mol. The number of hydrogen-bond donors (Lipinski definition) is 2. The molecule has 162 valence electrons. The van der Waals surface area contributed by atoms with Gasteiger partial charge in [0, 0.05) is 30.1 Å². The zero-order chi connectivity index (χ0) is 21.7. The third-order valence-corrected chi connectivity index (χ3v) is 5.43. The van der Waals surface area contributed by atoms with Crippen molar-refractivity contribution in [2.75, 3.05) is 13.2 Å². The fourth-order valence-electron chi connectivity index (χ4n) is 3.41. The van der Waals surface area contributed by atoms with Gasteiger partial charge in [-0.25, -0.2) is 0 Å². The standard InChI is InChI=1S/C25H29N2O3P/c28-31(29)30-19-9-17-26-20-23-16-15-22(24-14-8-18-27-25(23)24)13-7-2-1-4-10-21-11-5-3-6-12-21/h3,5-6,8,11-12,14-16,18,26,31H,1-2,4,9-10,17,19-20H2,(H,28,29). The van der Waals surface area contributed by atoms with E-state index in [0.29, 0.717) is 19.5 Å². The predicted octanol–water partition coefficient (Wildman–Crippen LogP) is 4.88. The smallest absolute Gasteiger partial charge is 0.316 e. The Bertz CT molecular complexity index is 1040. The molecule has 0 fully saturated rings. The molecule has 31 heavy (non-hydrogen) atoms. The maximum atomic E-state index is 10.5. The number of benzene rings is 2. The topological polar surface area (TPSA) is 71.5 Å². The minimum absolute atomic E-state index is 0.278. The van der Waals surface area contributed by atoms with Gasteiger partial charge in [0.05, 0.1) is 12.1 Å². The molecule has 0 aliphatic rings. The molecule has 1 heterocycles. The van der Waals surface area contributed by atoms with Gasteiger partial charge in [0.25, 0.3) is 0 Å². The van der Waals surface area contributed by atoms with Gasteiger partial charge in [-0.1, -0.05) is 54.3 Å². The van der Waals surface area contributed by atoms with E-state index >= 15 is 0 Å². The van der Waals surface area contributed by atoms with Crippen molar-refractivity contribution in [1.82, 2.24) is 10.3 Å². The number of fused-ring (bicyclic) bond motifs is 1. The summed E-state index contributed by atoms with van der Waals surface area (Å²) >= 11 is 0. The third-order valence-electron chi connectivity index (χ3n) is 4.98. The third kappa shape index (κ3) is 7.94. The molecule has 6 heteroatoms. The van der Waals surface area contributed by atoms with Crippen molar-refractivity contribution in [2.45, 2.75) is 38.6 Å². The van der Waals surface area contributed by atoms with E-state index < -0.39 is 8.25 Å². The van der Waals surface area contributed by atoms with Crippen LogP contribution in [-0.4, -0.2) is 23.0 Å². The van der Waals surface area contributed by atoms with Gasteiger partial charge in [-0.3, -0.25) is 9.55 Å². The van der Waals surface area contributed by atoms with Crippen molar-refractivity contribution in [1.29, 1.82) is 0 Å². The highest BCUT2D eigenvalue weighted by atomic mass is 31.1. The fraction of sp³-hybridized carbons (Fsp3) is 0.320. The summed E-state index contributed by atoms with van der Waals surface area (Å²) in [5.74, 6) is 6.65. The predicted molar refractivity (Wildman–Crippen MR) is 126 cm³/mol. The molecule has 0 bridgehead atoms. The van der Waals surface area contributed by atoms with Crippen LogP contribution in [0.25, 0.3) is 10.9 Å². The minimum atomic E-state index is -2.83. The summed E-state index contributed by atoms with van der Waals surface area (Å²) in [7, 11) is -2.83. The first-order valence-electron chi connectivity index (χ1n) is 10.7. The van der Waals surface area contributed by atoms with E-state index in [4.69, 9.17) is 9.42 Å². The van der Waals surface area contributed by atoms with Crippen LogP contribution in [0.1, 0.15) is 42.4 Å². The van der Waals surface area contributed by atoms with Gasteiger partial charge in [-0.15, -0.1) is 0 Å². The molecule has 0 saturated heterocycles. The molecule has 1 atom stereocenters. The summed E-state index contributed by atoms with van der Waals surface area (Å²) in [6, 6.07) is 18.7. The van der Waals surface area contributed by atoms with Gasteiger partial charge >= 0.3 is 8.25 Å². The Kier molecular flexibility index (Phi) is 9.76. The average molecular weight is 436 g/mol. The number of rotatable bonds is 11. The summed E-state index contributed by atoms with van der Waals surface area (Å²) in [5, 5.41) is 4.41. The molecular weight excluding hydrogens is 407 g/mol. The molecule has 2 aromatic carbocycles. The average Bonchev–Trinajstić information content (AvgIpc) is 2.79. The van der Waals surface area contributed by atoms with Gasteiger partial charge < -0.3 is 14.7 Å². The van der Waals surface area contributed by atoms with Crippen LogP contribution < -0.4 is 5.32 Å². The van der Waals surface area contributed by atoms with Crippen molar-refractivity contribution in [3.05, 3.63) is 77.5 Å².